The van der Waals surface area contributed by atoms with Crippen LogP contribution in [-0.2, 0) is 10.8 Å². The lowest BCUT2D eigenvalue weighted by Gasteiger charge is -2.45. The van der Waals surface area contributed by atoms with Crippen LogP contribution in [0.3, 0.4) is 0 Å². The van der Waals surface area contributed by atoms with E-state index in [9.17, 15) is 4.39 Å². The number of likely N-dealkylation sites (tertiary alicyclic amines) is 1. The van der Waals surface area contributed by atoms with Crippen molar-refractivity contribution in [3.8, 4) is 11.5 Å². The molecule has 1 aromatic heterocycles. The van der Waals surface area contributed by atoms with Crippen LogP contribution in [0.25, 0.3) is 0 Å². The molecule has 0 saturated carbocycles. The molecule has 0 spiro atoms. The van der Waals surface area contributed by atoms with Crippen molar-refractivity contribution in [2.75, 3.05) is 51.5 Å². The molecule has 0 aliphatic carbocycles. The highest BCUT2D eigenvalue weighted by Gasteiger charge is 2.52. The van der Waals surface area contributed by atoms with Gasteiger partial charge in [0, 0.05) is 31.7 Å². The van der Waals surface area contributed by atoms with Gasteiger partial charge in [0.25, 0.3) is 14.2 Å². The van der Waals surface area contributed by atoms with E-state index in [1.807, 2.05) is 79.7 Å². The highest BCUT2D eigenvalue weighted by molar-refractivity contribution is 6.99. The van der Waals surface area contributed by atoms with Gasteiger partial charge in [0.15, 0.2) is 11.5 Å². The average molecular weight is 747 g/mol. The van der Waals surface area contributed by atoms with Gasteiger partial charge in [-0.1, -0.05) is 81.4 Å². The van der Waals surface area contributed by atoms with Crippen LogP contribution >= 0.6 is 0 Å². The Morgan fingerprint density at radius 1 is 0.981 bits per heavy atom. The Labute approximate surface area is 315 Å². The molecule has 1 fully saturated rings. The molecular weight excluding hydrogens is 694 g/mol. The predicted molar refractivity (Wildman–Crippen MR) is 206 cm³/mol. The van der Waals surface area contributed by atoms with Gasteiger partial charge in [0.1, 0.15) is 2.74 Å². The average Bonchev–Trinajstić information content (AvgIpc) is 3.72. The summed E-state index contributed by atoms with van der Waals surface area (Å²) in [5.74, 6) is -2.75. The fourth-order valence-corrected chi connectivity index (χ4v) is 13.0. The Kier molecular flexibility index (Phi) is 10.2. The zero-order valence-electron chi connectivity index (χ0n) is 33.0. The van der Waals surface area contributed by atoms with Crippen molar-refractivity contribution in [1.82, 2.24) is 14.8 Å². The van der Waals surface area contributed by atoms with Crippen molar-refractivity contribution in [1.29, 1.82) is 0 Å². The number of benzene rings is 3. The summed E-state index contributed by atoms with van der Waals surface area (Å²) >= 11 is 0. The van der Waals surface area contributed by atoms with Crippen LogP contribution in [0.1, 0.15) is 66.1 Å². The Balaban J connectivity index is 1.19. The fraction of sp³-hybridized carbons (Fsp3) is 0.452. The maximum Gasteiger partial charge on any atom is 0.282 e. The quantitative estimate of drug-likeness (QED) is 0.145. The molecule has 3 atom stereocenters. The van der Waals surface area contributed by atoms with E-state index in [0.29, 0.717) is 24.1 Å². The number of nitrogens with zero attached hydrogens (tertiary/aromatic N) is 3. The fourth-order valence-electron chi connectivity index (χ4n) is 8.38. The first kappa shape index (κ1) is 34.8. The standard InChI is InChI=1S/C42H51F3N4O3Si/c1-30-22-31-23-38-39(51-29-50-38)24-36(31)40(37-17-16-32(25-46-37)47-33-18-21-48(26-33)20-11-19-43)49(30)27-42(44,45)28-52-53(41(2,3)4,34-12-7-5-8-13-34)35-14-9-6-10-15-35/h5-10,12-17,23-25,30,33,40,47H,11,18-22,26-29H2,1-4H3/t30-,33+,40+/m1/s1/i29D2. The minimum Gasteiger partial charge on any atom is -0.454 e. The van der Waals surface area contributed by atoms with Gasteiger partial charge >= 0.3 is 0 Å². The van der Waals surface area contributed by atoms with E-state index in [1.54, 1.807) is 23.2 Å². The van der Waals surface area contributed by atoms with Gasteiger partial charge in [0.05, 0.1) is 43.4 Å². The van der Waals surface area contributed by atoms with Gasteiger partial charge < -0.3 is 24.1 Å². The van der Waals surface area contributed by atoms with Crippen molar-refractivity contribution in [3.63, 3.8) is 0 Å². The zero-order chi connectivity index (χ0) is 39.0. The summed E-state index contributed by atoms with van der Waals surface area (Å²) in [7, 11) is -3.24. The number of ether oxygens (including phenoxy) is 2. The molecule has 3 aliphatic rings. The minimum atomic E-state index is -3.26. The van der Waals surface area contributed by atoms with Gasteiger partial charge in [-0.25, -0.2) is 8.78 Å². The van der Waals surface area contributed by atoms with E-state index in [-0.39, 0.29) is 30.3 Å². The maximum absolute atomic E-state index is 16.8. The van der Waals surface area contributed by atoms with Crippen molar-refractivity contribution < 1.29 is 29.8 Å². The molecule has 0 bridgehead atoms. The van der Waals surface area contributed by atoms with Gasteiger partial charge in [-0.3, -0.25) is 14.3 Å². The number of aromatic nitrogens is 1. The Morgan fingerprint density at radius 2 is 1.66 bits per heavy atom. The molecule has 0 radical (unpaired) electrons. The molecule has 3 aromatic carbocycles. The SMILES string of the molecule is [2H]C1([2H])Oc2cc3c(cc2O1)[C@@H](c1ccc(N[C@H]2CCN(CCCF)C2)cn1)N(CC(F)(F)CO[Si](c1ccccc1)(c1ccccc1)C(C)(C)C)[C@H](C)C3. The normalized spacial score (nSPS) is 22.3. The summed E-state index contributed by atoms with van der Waals surface area (Å²) in [5, 5.41) is 4.94. The number of halogens is 3. The van der Waals surface area contributed by atoms with Crippen LogP contribution in [0.15, 0.2) is 91.1 Å². The summed E-state index contributed by atoms with van der Waals surface area (Å²) in [6.07, 6.45) is 3.64. The first-order chi connectivity index (χ1) is 26.2. The highest BCUT2D eigenvalue weighted by atomic mass is 28.4. The Morgan fingerprint density at radius 3 is 2.28 bits per heavy atom. The Hall–Kier alpha value is -3.90. The van der Waals surface area contributed by atoms with Crippen LogP contribution in [-0.4, -0.2) is 87.3 Å². The van der Waals surface area contributed by atoms with E-state index in [4.69, 9.17) is 21.6 Å². The van der Waals surface area contributed by atoms with Crippen LogP contribution in [0.5, 0.6) is 11.5 Å². The van der Waals surface area contributed by atoms with E-state index in [1.165, 1.54) is 0 Å². The molecule has 0 unspecified atom stereocenters. The third kappa shape index (κ3) is 7.85. The van der Waals surface area contributed by atoms with Crippen LogP contribution in [0.4, 0.5) is 18.9 Å². The monoisotopic (exact) mass is 746 g/mol. The molecule has 53 heavy (non-hydrogen) atoms. The molecule has 4 heterocycles. The smallest absolute Gasteiger partial charge is 0.282 e. The lowest BCUT2D eigenvalue weighted by Crippen LogP contribution is -2.67. The topological polar surface area (TPSA) is 59.1 Å². The summed E-state index contributed by atoms with van der Waals surface area (Å²) in [6.45, 7) is 6.58. The number of pyridine rings is 1. The van der Waals surface area contributed by atoms with Crippen molar-refractivity contribution in [2.45, 2.75) is 76.0 Å². The predicted octanol–water partition coefficient (Wildman–Crippen LogP) is 7.20. The summed E-state index contributed by atoms with van der Waals surface area (Å²) in [5.41, 5.74) is 2.98. The summed E-state index contributed by atoms with van der Waals surface area (Å²) < 4.78 is 80.2. The molecule has 7 nitrogen and oxygen atoms in total. The highest BCUT2D eigenvalue weighted by Crippen LogP contribution is 2.45. The second-order valence-corrected chi connectivity index (χ2v) is 20.0. The molecule has 4 aromatic rings. The Bertz CT molecular complexity index is 1880. The molecule has 11 heteroatoms. The first-order valence-corrected chi connectivity index (χ1v) is 20.5. The molecule has 1 N–H and O–H groups in total. The van der Waals surface area contributed by atoms with Gasteiger partial charge in [-0.15, -0.1) is 0 Å². The van der Waals surface area contributed by atoms with Gasteiger partial charge in [-0.2, -0.15) is 0 Å². The van der Waals surface area contributed by atoms with E-state index >= 15 is 8.78 Å². The van der Waals surface area contributed by atoms with Crippen molar-refractivity contribution >= 4 is 24.4 Å². The molecular formula is C42H51F3N4O3Si. The summed E-state index contributed by atoms with van der Waals surface area (Å²) in [6, 6.07) is 26.1. The molecule has 0 amide bonds. The minimum absolute atomic E-state index is 0.197. The number of rotatable bonds is 13. The summed E-state index contributed by atoms with van der Waals surface area (Å²) in [4.78, 5) is 8.91. The lowest BCUT2D eigenvalue weighted by atomic mass is 9.86. The number of alkyl halides is 3. The second kappa shape index (κ2) is 15.5. The van der Waals surface area contributed by atoms with Gasteiger partial charge in [0.2, 0.25) is 6.75 Å². The van der Waals surface area contributed by atoms with Crippen LogP contribution < -0.4 is 25.2 Å². The molecule has 7 rings (SSSR count). The van der Waals surface area contributed by atoms with Crippen molar-refractivity contribution in [2.24, 2.45) is 0 Å². The molecule has 1 saturated heterocycles. The number of hydrogen-bond acceptors (Lipinski definition) is 7. The van der Waals surface area contributed by atoms with E-state index in [2.05, 4.69) is 31.0 Å². The van der Waals surface area contributed by atoms with Crippen molar-refractivity contribution in [3.05, 3.63) is 108 Å². The molecule has 282 valence electrons. The number of nitrogens with one attached hydrogen (secondary N) is 1. The van der Waals surface area contributed by atoms with E-state index in [0.717, 1.165) is 47.7 Å². The van der Waals surface area contributed by atoms with Crippen LogP contribution in [0, 0.1) is 0 Å². The largest absolute Gasteiger partial charge is 0.454 e. The lowest BCUT2D eigenvalue weighted by molar-refractivity contribution is -0.0821. The second-order valence-electron chi connectivity index (χ2n) is 15.7. The first-order valence-electron chi connectivity index (χ1n) is 19.6. The third-order valence-corrected chi connectivity index (χ3v) is 15.8. The maximum atomic E-state index is 16.8. The molecule has 3 aliphatic heterocycles. The number of fused-ring (bicyclic) bond motifs is 2. The number of anilines is 1. The van der Waals surface area contributed by atoms with Crippen LogP contribution in [0.2, 0.25) is 5.04 Å². The zero-order valence-corrected chi connectivity index (χ0v) is 32.0. The van der Waals surface area contributed by atoms with Gasteiger partial charge in [-0.05, 0) is 77.0 Å². The van der Waals surface area contributed by atoms with E-state index < -0.39 is 45.2 Å². The number of hydrogen-bond donors (Lipinski definition) is 1. The third-order valence-electron chi connectivity index (χ3n) is 10.9.